The summed E-state index contributed by atoms with van der Waals surface area (Å²) in [5.74, 6) is 0.398. The lowest BCUT2D eigenvalue weighted by molar-refractivity contribution is -0.115. The van der Waals surface area contributed by atoms with Crippen LogP contribution in [0.3, 0.4) is 0 Å². The van der Waals surface area contributed by atoms with Gasteiger partial charge in [-0.1, -0.05) is 48.2 Å². The highest BCUT2D eigenvalue weighted by atomic mass is 32.2. The Kier molecular flexibility index (Phi) is 5.65. The van der Waals surface area contributed by atoms with Gasteiger partial charge in [0.1, 0.15) is 16.5 Å². The van der Waals surface area contributed by atoms with Crippen molar-refractivity contribution in [1.29, 1.82) is 0 Å². The minimum absolute atomic E-state index is 0.253. The standard InChI is InChI=1S/C23H23N5O2S/c1-14-20(23(30)28(27(14)4)17-10-6-5-7-11-17)26-21(29)15(2)31-22-18-12-8-9-13-19(18)24-16(3)25-22/h5-13,15H,1-4H3,(H,26,29). The van der Waals surface area contributed by atoms with Crippen LogP contribution in [0.5, 0.6) is 0 Å². The predicted molar refractivity (Wildman–Crippen MR) is 124 cm³/mol. The van der Waals surface area contributed by atoms with Crippen molar-refractivity contribution in [2.75, 3.05) is 5.32 Å². The molecule has 0 aliphatic rings. The van der Waals surface area contributed by atoms with Crippen LogP contribution in [0, 0.1) is 13.8 Å². The fourth-order valence-corrected chi connectivity index (χ4v) is 4.39. The number of nitrogens with zero attached hydrogens (tertiary/aromatic N) is 4. The van der Waals surface area contributed by atoms with Crippen LogP contribution in [-0.4, -0.2) is 30.5 Å². The number of carbonyl (C=O) groups is 1. The van der Waals surface area contributed by atoms with Gasteiger partial charge in [0.2, 0.25) is 5.91 Å². The highest BCUT2D eigenvalue weighted by Crippen LogP contribution is 2.29. The van der Waals surface area contributed by atoms with Crippen LogP contribution in [0.15, 0.2) is 64.4 Å². The van der Waals surface area contributed by atoms with E-state index >= 15 is 0 Å². The Hall–Kier alpha value is -3.39. The summed E-state index contributed by atoms with van der Waals surface area (Å²) in [6, 6.07) is 17.1. The van der Waals surface area contributed by atoms with Gasteiger partial charge in [-0.25, -0.2) is 14.6 Å². The number of amides is 1. The molecule has 0 fully saturated rings. The number of rotatable bonds is 5. The minimum Gasteiger partial charge on any atom is -0.319 e. The van der Waals surface area contributed by atoms with Crippen LogP contribution in [0.1, 0.15) is 18.4 Å². The van der Waals surface area contributed by atoms with Crippen molar-refractivity contribution >= 4 is 34.3 Å². The van der Waals surface area contributed by atoms with E-state index < -0.39 is 5.25 Å². The molecular weight excluding hydrogens is 410 g/mol. The molecule has 1 atom stereocenters. The summed E-state index contributed by atoms with van der Waals surface area (Å²) >= 11 is 1.35. The molecule has 0 aliphatic carbocycles. The van der Waals surface area contributed by atoms with Crippen LogP contribution >= 0.6 is 11.8 Å². The van der Waals surface area contributed by atoms with E-state index in [0.29, 0.717) is 11.5 Å². The first-order valence-electron chi connectivity index (χ1n) is 9.91. The van der Waals surface area contributed by atoms with Crippen molar-refractivity contribution < 1.29 is 4.79 Å². The molecule has 1 amide bonds. The topological polar surface area (TPSA) is 81.8 Å². The van der Waals surface area contributed by atoms with E-state index in [1.54, 1.807) is 23.3 Å². The fourth-order valence-electron chi connectivity index (χ4n) is 3.41. The maximum Gasteiger partial charge on any atom is 0.295 e. The maximum absolute atomic E-state index is 13.0. The smallest absolute Gasteiger partial charge is 0.295 e. The van der Waals surface area contributed by atoms with E-state index in [1.165, 1.54) is 11.8 Å². The number of hydrogen-bond donors (Lipinski definition) is 1. The number of carbonyl (C=O) groups excluding carboxylic acids is 1. The molecular formula is C23H23N5O2S. The Morgan fingerprint density at radius 2 is 1.71 bits per heavy atom. The molecule has 4 rings (SSSR count). The molecule has 2 heterocycles. The van der Waals surface area contributed by atoms with Gasteiger partial charge in [-0.15, -0.1) is 0 Å². The van der Waals surface area contributed by atoms with Gasteiger partial charge in [-0.05, 0) is 39.0 Å². The van der Waals surface area contributed by atoms with Crippen molar-refractivity contribution in [2.45, 2.75) is 31.0 Å². The Morgan fingerprint density at radius 1 is 1.03 bits per heavy atom. The van der Waals surface area contributed by atoms with E-state index in [1.807, 2.05) is 68.4 Å². The lowest BCUT2D eigenvalue weighted by Gasteiger charge is -2.12. The highest BCUT2D eigenvalue weighted by molar-refractivity contribution is 8.00. The molecule has 158 valence electrons. The SMILES string of the molecule is Cc1nc(SC(C)C(=O)Nc2c(C)n(C)n(-c3ccccc3)c2=O)c2ccccc2n1. The zero-order valence-corrected chi connectivity index (χ0v) is 18.6. The number of fused-ring (bicyclic) bond motifs is 1. The van der Waals surface area contributed by atoms with E-state index in [0.717, 1.165) is 21.6 Å². The van der Waals surface area contributed by atoms with E-state index in [2.05, 4.69) is 15.3 Å². The Balaban J connectivity index is 1.60. The third-order valence-corrected chi connectivity index (χ3v) is 6.24. The summed E-state index contributed by atoms with van der Waals surface area (Å²) in [6.45, 7) is 5.45. The molecule has 8 heteroatoms. The summed E-state index contributed by atoms with van der Waals surface area (Å²) < 4.78 is 3.29. The van der Waals surface area contributed by atoms with Crippen LogP contribution in [0.25, 0.3) is 16.6 Å². The van der Waals surface area contributed by atoms with Gasteiger partial charge in [0.25, 0.3) is 5.56 Å². The first kappa shape index (κ1) is 20.9. The summed E-state index contributed by atoms with van der Waals surface area (Å²) in [6.07, 6.45) is 0. The van der Waals surface area contributed by atoms with Gasteiger partial charge in [0.05, 0.1) is 22.1 Å². The second-order valence-corrected chi connectivity index (χ2v) is 8.61. The number of aryl methyl sites for hydroxylation is 1. The zero-order chi connectivity index (χ0) is 22.1. The van der Waals surface area contributed by atoms with Crippen LogP contribution in [-0.2, 0) is 11.8 Å². The fraction of sp³-hybridized carbons (Fsp3) is 0.217. The normalized spacial score (nSPS) is 12.1. The number of nitrogens with one attached hydrogen (secondary N) is 1. The number of benzene rings is 2. The molecule has 2 aromatic carbocycles. The largest absolute Gasteiger partial charge is 0.319 e. The van der Waals surface area contributed by atoms with Gasteiger partial charge in [-0.3, -0.25) is 14.3 Å². The van der Waals surface area contributed by atoms with Crippen molar-refractivity contribution in [1.82, 2.24) is 19.3 Å². The molecule has 31 heavy (non-hydrogen) atoms. The van der Waals surface area contributed by atoms with Crippen molar-refractivity contribution in [3.63, 3.8) is 0 Å². The Labute approximate surface area is 184 Å². The molecule has 1 unspecified atom stereocenters. The molecule has 7 nitrogen and oxygen atoms in total. The summed E-state index contributed by atoms with van der Waals surface area (Å²) in [4.78, 5) is 35.0. The zero-order valence-electron chi connectivity index (χ0n) is 17.8. The second-order valence-electron chi connectivity index (χ2n) is 7.28. The molecule has 2 aromatic heterocycles. The molecule has 0 spiro atoms. The van der Waals surface area contributed by atoms with Gasteiger partial charge in [-0.2, -0.15) is 0 Å². The van der Waals surface area contributed by atoms with E-state index in [-0.39, 0.29) is 17.2 Å². The van der Waals surface area contributed by atoms with Gasteiger partial charge < -0.3 is 5.32 Å². The van der Waals surface area contributed by atoms with Gasteiger partial charge in [0.15, 0.2) is 0 Å². The van der Waals surface area contributed by atoms with Crippen LogP contribution in [0.4, 0.5) is 5.69 Å². The summed E-state index contributed by atoms with van der Waals surface area (Å²) in [5, 5.41) is 4.03. The molecule has 0 bridgehead atoms. The predicted octanol–water partition coefficient (Wildman–Crippen LogP) is 3.86. The monoisotopic (exact) mass is 433 g/mol. The molecule has 0 aliphatic heterocycles. The van der Waals surface area contributed by atoms with Crippen LogP contribution < -0.4 is 10.9 Å². The number of hydrogen-bond acceptors (Lipinski definition) is 5. The number of thioether (sulfide) groups is 1. The molecule has 0 saturated heterocycles. The summed E-state index contributed by atoms with van der Waals surface area (Å²) in [7, 11) is 1.80. The van der Waals surface area contributed by atoms with Crippen molar-refractivity contribution in [2.24, 2.45) is 7.05 Å². The third kappa shape index (κ3) is 3.98. The minimum atomic E-state index is -0.457. The molecule has 4 aromatic rings. The Morgan fingerprint density at radius 3 is 2.45 bits per heavy atom. The molecule has 1 N–H and O–H groups in total. The van der Waals surface area contributed by atoms with E-state index in [9.17, 15) is 9.59 Å². The van der Waals surface area contributed by atoms with Crippen molar-refractivity contribution in [3.05, 3.63) is 76.5 Å². The summed E-state index contributed by atoms with van der Waals surface area (Å²) in [5.41, 5.74) is 2.29. The van der Waals surface area contributed by atoms with Crippen molar-refractivity contribution in [3.8, 4) is 5.69 Å². The quantitative estimate of drug-likeness (QED) is 0.382. The molecule has 0 radical (unpaired) electrons. The Bertz CT molecular complexity index is 1330. The maximum atomic E-state index is 13.0. The second kappa shape index (κ2) is 8.39. The number of anilines is 1. The average Bonchev–Trinajstić information content (AvgIpc) is 2.97. The van der Waals surface area contributed by atoms with Gasteiger partial charge in [0, 0.05) is 12.4 Å². The average molecular weight is 434 g/mol. The first-order valence-corrected chi connectivity index (χ1v) is 10.8. The third-order valence-electron chi connectivity index (χ3n) is 5.14. The molecule has 0 saturated carbocycles. The lowest BCUT2D eigenvalue weighted by Crippen LogP contribution is -2.27. The highest BCUT2D eigenvalue weighted by Gasteiger charge is 2.22. The number of para-hydroxylation sites is 2. The lowest BCUT2D eigenvalue weighted by atomic mass is 10.2. The van der Waals surface area contributed by atoms with Crippen LogP contribution in [0.2, 0.25) is 0 Å². The van der Waals surface area contributed by atoms with E-state index in [4.69, 9.17) is 0 Å². The number of aromatic nitrogens is 4. The first-order chi connectivity index (χ1) is 14.9. The van der Waals surface area contributed by atoms with Gasteiger partial charge >= 0.3 is 0 Å².